The molecule has 0 spiro atoms. The molecular weight excluding hydrogens is 228 g/mol. The molecule has 2 nitrogen and oxygen atoms in total. The lowest BCUT2D eigenvalue weighted by Crippen LogP contribution is -2.15. The second-order valence-electron chi connectivity index (χ2n) is 5.62. The molecule has 2 aliphatic carbocycles. The zero-order valence-corrected chi connectivity index (χ0v) is 11.4. The van der Waals surface area contributed by atoms with Crippen molar-refractivity contribution in [1.82, 2.24) is 10.3 Å². The molecule has 0 amide bonds. The Hall–Kier alpha value is -0.410. The summed E-state index contributed by atoms with van der Waals surface area (Å²) in [7, 11) is 0. The molecule has 0 radical (unpaired) electrons. The van der Waals surface area contributed by atoms with Crippen molar-refractivity contribution in [2.45, 2.75) is 64.0 Å². The SMILES string of the molecule is CCC1CCC(c2nc(CNC3CC3)cs2)C1. The Balaban J connectivity index is 1.56. The largest absolute Gasteiger partial charge is 0.308 e. The van der Waals surface area contributed by atoms with Gasteiger partial charge in [-0.2, -0.15) is 0 Å². The predicted octanol–water partition coefficient (Wildman–Crippen LogP) is 3.69. The quantitative estimate of drug-likeness (QED) is 0.862. The van der Waals surface area contributed by atoms with Gasteiger partial charge in [-0.25, -0.2) is 4.98 Å². The molecule has 1 heterocycles. The van der Waals surface area contributed by atoms with Gasteiger partial charge in [-0.15, -0.1) is 11.3 Å². The summed E-state index contributed by atoms with van der Waals surface area (Å²) in [5.41, 5.74) is 1.26. The first-order valence-corrected chi connectivity index (χ1v) is 7.90. The minimum Gasteiger partial charge on any atom is -0.308 e. The molecule has 3 heteroatoms. The summed E-state index contributed by atoms with van der Waals surface area (Å²) in [6, 6.07) is 0.788. The van der Waals surface area contributed by atoms with E-state index < -0.39 is 0 Å². The topological polar surface area (TPSA) is 24.9 Å². The number of aromatic nitrogens is 1. The van der Waals surface area contributed by atoms with E-state index in [9.17, 15) is 0 Å². The van der Waals surface area contributed by atoms with Crippen LogP contribution in [0.25, 0.3) is 0 Å². The Bertz CT molecular complexity index is 370. The van der Waals surface area contributed by atoms with Crippen molar-refractivity contribution in [2.24, 2.45) is 5.92 Å². The minimum atomic E-state index is 0.764. The lowest BCUT2D eigenvalue weighted by molar-refractivity contribution is 0.520. The van der Waals surface area contributed by atoms with E-state index in [-0.39, 0.29) is 0 Å². The second kappa shape index (κ2) is 5.07. The standard InChI is InChI=1S/C14H22N2S/c1-2-10-3-4-11(7-10)14-16-13(9-17-14)8-15-12-5-6-12/h9-12,15H,2-8H2,1H3. The van der Waals surface area contributed by atoms with Crippen molar-refractivity contribution < 1.29 is 0 Å². The predicted molar refractivity (Wildman–Crippen MR) is 72.3 cm³/mol. The van der Waals surface area contributed by atoms with Gasteiger partial charge < -0.3 is 5.32 Å². The Labute approximate surface area is 108 Å². The molecule has 0 aliphatic heterocycles. The first-order valence-electron chi connectivity index (χ1n) is 7.03. The maximum absolute atomic E-state index is 4.82. The zero-order valence-electron chi connectivity index (χ0n) is 10.6. The van der Waals surface area contributed by atoms with Crippen LogP contribution in [0.2, 0.25) is 0 Å². The summed E-state index contributed by atoms with van der Waals surface area (Å²) >= 11 is 1.88. The minimum absolute atomic E-state index is 0.764. The molecule has 94 valence electrons. The summed E-state index contributed by atoms with van der Waals surface area (Å²) in [6.45, 7) is 3.30. The van der Waals surface area contributed by atoms with E-state index in [2.05, 4.69) is 17.6 Å². The molecule has 0 saturated heterocycles. The van der Waals surface area contributed by atoms with Crippen molar-refractivity contribution in [1.29, 1.82) is 0 Å². The molecule has 1 N–H and O–H groups in total. The van der Waals surface area contributed by atoms with E-state index in [1.807, 2.05) is 11.3 Å². The van der Waals surface area contributed by atoms with Crippen LogP contribution < -0.4 is 5.32 Å². The van der Waals surface area contributed by atoms with Gasteiger partial charge in [-0.3, -0.25) is 0 Å². The van der Waals surface area contributed by atoms with Crippen molar-refractivity contribution in [3.8, 4) is 0 Å². The third-order valence-electron chi connectivity index (χ3n) is 4.19. The van der Waals surface area contributed by atoms with Crippen LogP contribution in [0.3, 0.4) is 0 Å². The van der Waals surface area contributed by atoms with Crippen LogP contribution in [0.4, 0.5) is 0 Å². The van der Waals surface area contributed by atoms with Crippen LogP contribution in [0.5, 0.6) is 0 Å². The molecular formula is C14H22N2S. The highest BCUT2D eigenvalue weighted by molar-refractivity contribution is 7.09. The van der Waals surface area contributed by atoms with Crippen LogP contribution in [0, 0.1) is 5.92 Å². The van der Waals surface area contributed by atoms with E-state index >= 15 is 0 Å². The van der Waals surface area contributed by atoms with Crippen molar-refractivity contribution in [3.63, 3.8) is 0 Å². The van der Waals surface area contributed by atoms with Gasteiger partial charge >= 0.3 is 0 Å². The summed E-state index contributed by atoms with van der Waals surface area (Å²) in [6.07, 6.45) is 8.21. The third-order valence-corrected chi connectivity index (χ3v) is 5.24. The fourth-order valence-corrected chi connectivity index (χ4v) is 3.77. The maximum Gasteiger partial charge on any atom is 0.0959 e. The first kappa shape index (κ1) is 11.7. The van der Waals surface area contributed by atoms with E-state index in [1.165, 1.54) is 49.2 Å². The van der Waals surface area contributed by atoms with Crippen molar-refractivity contribution >= 4 is 11.3 Å². The third kappa shape index (κ3) is 2.89. The second-order valence-corrected chi connectivity index (χ2v) is 6.51. The Morgan fingerprint density at radius 3 is 2.94 bits per heavy atom. The molecule has 2 fully saturated rings. The van der Waals surface area contributed by atoms with Gasteiger partial charge in [0.25, 0.3) is 0 Å². The fraction of sp³-hybridized carbons (Fsp3) is 0.786. The lowest BCUT2D eigenvalue weighted by Gasteiger charge is -2.06. The Morgan fingerprint density at radius 2 is 2.24 bits per heavy atom. The number of rotatable bonds is 5. The Morgan fingerprint density at radius 1 is 1.35 bits per heavy atom. The van der Waals surface area contributed by atoms with Crippen molar-refractivity contribution in [3.05, 3.63) is 16.1 Å². The zero-order chi connectivity index (χ0) is 11.7. The molecule has 1 aromatic rings. The maximum atomic E-state index is 4.82. The van der Waals surface area contributed by atoms with Gasteiger partial charge in [-0.05, 0) is 38.0 Å². The van der Waals surface area contributed by atoms with Crippen LogP contribution in [0.15, 0.2) is 5.38 Å². The van der Waals surface area contributed by atoms with E-state index in [0.717, 1.165) is 24.4 Å². The summed E-state index contributed by atoms with van der Waals surface area (Å²) in [5.74, 6) is 1.72. The van der Waals surface area contributed by atoms with Gasteiger partial charge in [-0.1, -0.05) is 13.3 Å². The number of thiazole rings is 1. The molecule has 2 aliphatic rings. The van der Waals surface area contributed by atoms with E-state index in [1.54, 1.807) is 0 Å². The van der Waals surface area contributed by atoms with Gasteiger partial charge in [0, 0.05) is 23.9 Å². The van der Waals surface area contributed by atoms with E-state index in [0.29, 0.717) is 0 Å². The molecule has 17 heavy (non-hydrogen) atoms. The summed E-state index contributed by atoms with van der Waals surface area (Å²) in [5, 5.41) is 7.19. The highest BCUT2D eigenvalue weighted by Crippen LogP contribution is 2.40. The molecule has 2 saturated carbocycles. The molecule has 0 aromatic carbocycles. The monoisotopic (exact) mass is 250 g/mol. The fourth-order valence-electron chi connectivity index (χ4n) is 2.80. The molecule has 0 bridgehead atoms. The van der Waals surface area contributed by atoms with Gasteiger partial charge in [0.2, 0.25) is 0 Å². The normalized spacial score (nSPS) is 28.8. The van der Waals surface area contributed by atoms with Crippen LogP contribution >= 0.6 is 11.3 Å². The highest BCUT2D eigenvalue weighted by Gasteiger charge is 2.27. The summed E-state index contributed by atoms with van der Waals surface area (Å²) < 4.78 is 0. The highest BCUT2D eigenvalue weighted by atomic mass is 32.1. The smallest absolute Gasteiger partial charge is 0.0959 e. The van der Waals surface area contributed by atoms with Gasteiger partial charge in [0.1, 0.15) is 0 Å². The molecule has 3 rings (SSSR count). The number of hydrogen-bond donors (Lipinski definition) is 1. The van der Waals surface area contributed by atoms with Crippen LogP contribution in [-0.2, 0) is 6.54 Å². The van der Waals surface area contributed by atoms with Gasteiger partial charge in [0.15, 0.2) is 0 Å². The van der Waals surface area contributed by atoms with Gasteiger partial charge in [0.05, 0.1) is 10.7 Å². The Kier molecular flexibility index (Phi) is 3.48. The molecule has 1 aromatic heterocycles. The average Bonchev–Trinajstić information content (AvgIpc) is 2.89. The molecule has 2 unspecified atom stereocenters. The first-order chi connectivity index (χ1) is 8.35. The average molecular weight is 250 g/mol. The summed E-state index contributed by atoms with van der Waals surface area (Å²) in [4.78, 5) is 4.82. The van der Waals surface area contributed by atoms with Crippen LogP contribution in [0.1, 0.15) is 62.1 Å². The van der Waals surface area contributed by atoms with Crippen molar-refractivity contribution in [2.75, 3.05) is 0 Å². The molecule has 2 atom stereocenters. The van der Waals surface area contributed by atoms with Crippen LogP contribution in [-0.4, -0.2) is 11.0 Å². The van der Waals surface area contributed by atoms with E-state index in [4.69, 9.17) is 4.98 Å². The lowest BCUT2D eigenvalue weighted by atomic mass is 10.0. The number of nitrogens with zero attached hydrogens (tertiary/aromatic N) is 1. The number of hydrogen-bond acceptors (Lipinski definition) is 3. The number of nitrogens with one attached hydrogen (secondary N) is 1.